The lowest BCUT2D eigenvalue weighted by Gasteiger charge is -2.10. The number of nitrogens with two attached hydrogens (primary N) is 1. The Morgan fingerprint density at radius 1 is 1.29 bits per heavy atom. The van der Waals surface area contributed by atoms with Gasteiger partial charge in [0, 0.05) is 0 Å². The van der Waals surface area contributed by atoms with Crippen molar-refractivity contribution in [2.75, 3.05) is 6.54 Å². The van der Waals surface area contributed by atoms with Crippen molar-refractivity contribution in [2.24, 2.45) is 5.73 Å². The predicted octanol–water partition coefficient (Wildman–Crippen LogP) is 0.147. The van der Waals surface area contributed by atoms with E-state index in [0.29, 0.717) is 12.8 Å². The van der Waals surface area contributed by atoms with Gasteiger partial charge in [-0.05, 0) is 18.4 Å². The van der Waals surface area contributed by atoms with Gasteiger partial charge in [-0.15, -0.1) is 0 Å². The summed E-state index contributed by atoms with van der Waals surface area (Å²) in [6.45, 7) is -0.391. The zero-order chi connectivity index (χ0) is 12.7. The summed E-state index contributed by atoms with van der Waals surface area (Å²) in [5, 5.41) is 10.7. The second-order valence-electron chi connectivity index (χ2n) is 3.74. The van der Waals surface area contributed by atoms with Crippen LogP contribution in [0.1, 0.15) is 12.0 Å². The molecule has 1 rings (SSSR count). The number of hydrogen-bond donors (Lipinski definition) is 3. The average molecular weight is 236 g/mol. The van der Waals surface area contributed by atoms with Crippen LogP contribution in [0.25, 0.3) is 0 Å². The summed E-state index contributed by atoms with van der Waals surface area (Å²) in [7, 11) is 0. The van der Waals surface area contributed by atoms with Gasteiger partial charge in [0.15, 0.2) is 0 Å². The van der Waals surface area contributed by atoms with Crippen molar-refractivity contribution in [1.82, 2.24) is 5.32 Å². The van der Waals surface area contributed by atoms with E-state index in [2.05, 4.69) is 5.32 Å². The van der Waals surface area contributed by atoms with E-state index in [9.17, 15) is 9.59 Å². The maximum atomic E-state index is 11.4. The third-order valence-electron chi connectivity index (χ3n) is 2.34. The first kappa shape index (κ1) is 13.2. The van der Waals surface area contributed by atoms with E-state index >= 15 is 0 Å². The first-order valence-corrected chi connectivity index (χ1v) is 5.38. The largest absolute Gasteiger partial charge is 0.480 e. The predicted molar refractivity (Wildman–Crippen MR) is 63.4 cm³/mol. The molecule has 0 radical (unpaired) electrons. The molecule has 5 heteroatoms. The fourth-order valence-corrected chi connectivity index (χ4v) is 1.39. The Kier molecular flexibility index (Phi) is 5.16. The maximum Gasteiger partial charge on any atom is 0.322 e. The van der Waals surface area contributed by atoms with Crippen molar-refractivity contribution in [3.63, 3.8) is 0 Å². The van der Waals surface area contributed by atoms with Gasteiger partial charge >= 0.3 is 5.97 Å². The molecule has 0 aliphatic carbocycles. The lowest BCUT2D eigenvalue weighted by Crippen LogP contribution is -2.42. The second-order valence-corrected chi connectivity index (χ2v) is 3.74. The number of aryl methyl sites for hydroxylation is 1. The molecular weight excluding hydrogens is 220 g/mol. The van der Waals surface area contributed by atoms with Crippen LogP contribution >= 0.6 is 0 Å². The molecule has 0 fully saturated rings. The summed E-state index contributed by atoms with van der Waals surface area (Å²) in [6, 6.07) is 9.01. The Labute approximate surface area is 99.6 Å². The number of nitrogens with one attached hydrogen (secondary N) is 1. The minimum absolute atomic E-state index is 0.391. The van der Waals surface area contributed by atoms with Gasteiger partial charge in [-0.3, -0.25) is 9.59 Å². The summed E-state index contributed by atoms with van der Waals surface area (Å²) in [5.41, 5.74) is 6.75. The van der Waals surface area contributed by atoms with E-state index in [4.69, 9.17) is 10.8 Å². The Bertz CT molecular complexity index is 379. The number of carboxylic acids is 1. The third kappa shape index (κ3) is 5.12. The molecule has 1 unspecified atom stereocenters. The molecule has 17 heavy (non-hydrogen) atoms. The van der Waals surface area contributed by atoms with E-state index in [1.54, 1.807) is 0 Å². The molecule has 0 spiro atoms. The SMILES string of the molecule is NC(CCc1ccccc1)C(=O)NCC(=O)O. The molecule has 1 aromatic carbocycles. The van der Waals surface area contributed by atoms with Crippen LogP contribution in [-0.4, -0.2) is 29.6 Å². The molecule has 0 saturated heterocycles. The zero-order valence-electron chi connectivity index (χ0n) is 9.43. The van der Waals surface area contributed by atoms with E-state index in [0.717, 1.165) is 5.56 Å². The molecule has 1 atom stereocenters. The van der Waals surface area contributed by atoms with Crippen LogP contribution in [0.3, 0.4) is 0 Å². The number of carboxylic acid groups (broad SMARTS) is 1. The van der Waals surface area contributed by atoms with Gasteiger partial charge in [0.25, 0.3) is 0 Å². The highest BCUT2D eigenvalue weighted by Gasteiger charge is 2.13. The molecule has 0 aliphatic rings. The lowest BCUT2D eigenvalue weighted by molar-refractivity contribution is -0.138. The number of carbonyl (C=O) groups is 2. The number of aliphatic carboxylic acids is 1. The first-order chi connectivity index (χ1) is 8.09. The number of benzene rings is 1. The number of hydrogen-bond acceptors (Lipinski definition) is 3. The fraction of sp³-hybridized carbons (Fsp3) is 0.333. The molecule has 1 aromatic rings. The molecule has 0 aliphatic heterocycles. The summed E-state index contributed by atoms with van der Waals surface area (Å²) < 4.78 is 0. The van der Waals surface area contributed by atoms with Crippen molar-refractivity contribution in [1.29, 1.82) is 0 Å². The molecule has 0 aromatic heterocycles. The number of carbonyl (C=O) groups excluding carboxylic acids is 1. The van der Waals surface area contributed by atoms with Gasteiger partial charge in [-0.2, -0.15) is 0 Å². The van der Waals surface area contributed by atoms with Gasteiger partial charge in [0.05, 0.1) is 6.04 Å². The molecule has 5 nitrogen and oxygen atoms in total. The Morgan fingerprint density at radius 3 is 2.53 bits per heavy atom. The normalized spacial score (nSPS) is 11.8. The highest BCUT2D eigenvalue weighted by molar-refractivity contribution is 5.84. The summed E-state index contributed by atoms with van der Waals surface area (Å²) in [6.07, 6.45) is 1.19. The maximum absolute atomic E-state index is 11.4. The van der Waals surface area contributed by atoms with E-state index < -0.39 is 24.5 Å². The highest BCUT2D eigenvalue weighted by Crippen LogP contribution is 2.03. The quantitative estimate of drug-likeness (QED) is 0.655. The minimum Gasteiger partial charge on any atom is -0.480 e. The van der Waals surface area contributed by atoms with Crippen LogP contribution in [0.15, 0.2) is 30.3 Å². The Hall–Kier alpha value is -1.88. The van der Waals surface area contributed by atoms with E-state index in [1.165, 1.54) is 0 Å². The topological polar surface area (TPSA) is 92.4 Å². The van der Waals surface area contributed by atoms with Gasteiger partial charge < -0.3 is 16.2 Å². The molecule has 1 amide bonds. The summed E-state index contributed by atoms with van der Waals surface area (Å²) in [4.78, 5) is 21.6. The molecule has 0 saturated carbocycles. The standard InChI is InChI=1S/C12H16N2O3/c13-10(12(17)14-8-11(15)16)7-6-9-4-2-1-3-5-9/h1-5,10H,6-8,13H2,(H,14,17)(H,15,16). The second kappa shape index (κ2) is 6.65. The third-order valence-corrected chi connectivity index (χ3v) is 2.34. The first-order valence-electron chi connectivity index (χ1n) is 5.38. The van der Waals surface area contributed by atoms with Gasteiger partial charge in [-0.1, -0.05) is 30.3 Å². The average Bonchev–Trinajstić information content (AvgIpc) is 2.34. The van der Waals surface area contributed by atoms with E-state index in [-0.39, 0.29) is 0 Å². The van der Waals surface area contributed by atoms with Gasteiger partial charge in [-0.25, -0.2) is 0 Å². The van der Waals surface area contributed by atoms with Crippen molar-refractivity contribution in [2.45, 2.75) is 18.9 Å². The molecule has 4 N–H and O–H groups in total. The van der Waals surface area contributed by atoms with Crippen LogP contribution in [0.4, 0.5) is 0 Å². The highest BCUT2D eigenvalue weighted by atomic mass is 16.4. The molecular formula is C12H16N2O3. The number of rotatable bonds is 6. The van der Waals surface area contributed by atoms with Crippen molar-refractivity contribution in [3.8, 4) is 0 Å². The molecule has 0 heterocycles. The van der Waals surface area contributed by atoms with Crippen LogP contribution in [0.2, 0.25) is 0 Å². The monoisotopic (exact) mass is 236 g/mol. The fourth-order valence-electron chi connectivity index (χ4n) is 1.39. The smallest absolute Gasteiger partial charge is 0.322 e. The van der Waals surface area contributed by atoms with Crippen LogP contribution in [0.5, 0.6) is 0 Å². The number of amides is 1. The van der Waals surface area contributed by atoms with Gasteiger partial charge in [0.2, 0.25) is 5.91 Å². The van der Waals surface area contributed by atoms with Crippen LogP contribution in [-0.2, 0) is 16.0 Å². The van der Waals surface area contributed by atoms with E-state index in [1.807, 2.05) is 30.3 Å². The summed E-state index contributed by atoms with van der Waals surface area (Å²) in [5.74, 6) is -1.50. The van der Waals surface area contributed by atoms with Crippen LogP contribution < -0.4 is 11.1 Å². The Balaban J connectivity index is 2.31. The lowest BCUT2D eigenvalue weighted by atomic mass is 10.1. The van der Waals surface area contributed by atoms with Crippen molar-refractivity contribution >= 4 is 11.9 Å². The summed E-state index contributed by atoms with van der Waals surface area (Å²) >= 11 is 0. The molecule has 92 valence electrons. The van der Waals surface area contributed by atoms with Gasteiger partial charge in [0.1, 0.15) is 6.54 Å². The van der Waals surface area contributed by atoms with Crippen molar-refractivity contribution in [3.05, 3.63) is 35.9 Å². The molecule has 0 bridgehead atoms. The minimum atomic E-state index is -1.08. The van der Waals surface area contributed by atoms with Crippen molar-refractivity contribution < 1.29 is 14.7 Å². The zero-order valence-corrected chi connectivity index (χ0v) is 9.43. The van der Waals surface area contributed by atoms with Crippen LogP contribution in [0, 0.1) is 0 Å². The Morgan fingerprint density at radius 2 is 1.94 bits per heavy atom.